The van der Waals surface area contributed by atoms with E-state index in [0.29, 0.717) is 22.7 Å². The topological polar surface area (TPSA) is 86.7 Å². The lowest BCUT2D eigenvalue weighted by Crippen LogP contribution is -2.18. The Kier molecular flexibility index (Phi) is 4.41. The van der Waals surface area contributed by atoms with Crippen molar-refractivity contribution in [3.63, 3.8) is 0 Å². The van der Waals surface area contributed by atoms with Gasteiger partial charge in [0.1, 0.15) is 11.5 Å². The Hall–Kier alpha value is -2.28. The lowest BCUT2D eigenvalue weighted by molar-refractivity contribution is 0.195. The van der Waals surface area contributed by atoms with Crippen molar-refractivity contribution in [2.45, 2.75) is 0 Å². The lowest BCUT2D eigenvalue weighted by atomic mass is 10.1. The van der Waals surface area contributed by atoms with Crippen molar-refractivity contribution in [1.29, 1.82) is 0 Å². The largest absolute Gasteiger partial charge is 0.496 e. The minimum absolute atomic E-state index is 0.446. The molecule has 1 aromatic carbocycles. The molecule has 0 atom stereocenters. The van der Waals surface area contributed by atoms with Gasteiger partial charge in [-0.1, -0.05) is 15.9 Å². The van der Waals surface area contributed by atoms with Gasteiger partial charge in [-0.15, -0.1) is 0 Å². The second-order valence-electron chi connectivity index (χ2n) is 3.81. The van der Waals surface area contributed by atoms with Crippen LogP contribution in [0, 0.1) is 0 Å². The van der Waals surface area contributed by atoms with Crippen molar-refractivity contribution >= 4 is 27.7 Å². The molecule has 3 N–H and O–H groups in total. The van der Waals surface area contributed by atoms with Crippen LogP contribution in [0.3, 0.4) is 0 Å². The van der Waals surface area contributed by atoms with Gasteiger partial charge in [-0.2, -0.15) is 5.10 Å². The minimum Gasteiger partial charge on any atom is -0.496 e. The molecule has 20 heavy (non-hydrogen) atoms. The van der Waals surface area contributed by atoms with Gasteiger partial charge in [-0.05, 0) is 30.3 Å². The number of ether oxygens (including phenoxy) is 1. The molecule has 104 valence electrons. The molecule has 0 unspecified atom stereocenters. The zero-order valence-electron chi connectivity index (χ0n) is 10.6. The van der Waals surface area contributed by atoms with E-state index in [1.807, 2.05) is 11.5 Å². The zero-order valence-corrected chi connectivity index (χ0v) is 12.1. The number of carbonyl (C=O) groups is 1. The van der Waals surface area contributed by atoms with Crippen LogP contribution < -0.4 is 10.2 Å². The number of nitrogens with zero attached hydrogens (tertiary/aromatic N) is 1. The number of rotatable bonds is 4. The maximum absolute atomic E-state index is 10.6. The van der Waals surface area contributed by atoms with Crippen LogP contribution in [-0.4, -0.2) is 29.0 Å². The first-order valence-electron chi connectivity index (χ1n) is 5.66. The number of amides is 1. The van der Waals surface area contributed by atoms with E-state index in [0.717, 1.165) is 4.47 Å². The van der Waals surface area contributed by atoms with Crippen LogP contribution in [0.1, 0.15) is 11.3 Å². The summed E-state index contributed by atoms with van der Waals surface area (Å²) >= 11 is 3.36. The van der Waals surface area contributed by atoms with Crippen molar-refractivity contribution < 1.29 is 14.6 Å². The van der Waals surface area contributed by atoms with Crippen LogP contribution >= 0.6 is 15.9 Å². The standard InChI is InChI=1S/C13H12BrN3O3/c1-20-11-7-8(14)4-5-9(11)12(16-17-13(18)19)10-3-2-6-15-10/h2-7,15,17H,1H3,(H,18,19)/b16-12-. The Labute approximate surface area is 123 Å². The molecule has 0 fully saturated rings. The molecular formula is C13H12BrN3O3. The van der Waals surface area contributed by atoms with Crippen molar-refractivity contribution in [2.24, 2.45) is 5.10 Å². The maximum Gasteiger partial charge on any atom is 0.425 e. The summed E-state index contributed by atoms with van der Waals surface area (Å²) in [7, 11) is 1.54. The van der Waals surface area contributed by atoms with E-state index >= 15 is 0 Å². The Bertz CT molecular complexity index is 638. The number of aromatic nitrogens is 1. The van der Waals surface area contributed by atoms with Gasteiger partial charge in [0.15, 0.2) is 0 Å². The molecule has 1 amide bonds. The third kappa shape index (κ3) is 3.18. The van der Waals surface area contributed by atoms with Gasteiger partial charge in [-0.3, -0.25) is 0 Å². The van der Waals surface area contributed by atoms with Crippen LogP contribution in [0.2, 0.25) is 0 Å². The average Bonchev–Trinajstić information content (AvgIpc) is 2.94. The summed E-state index contributed by atoms with van der Waals surface area (Å²) < 4.78 is 6.17. The second-order valence-corrected chi connectivity index (χ2v) is 4.72. The number of methoxy groups -OCH3 is 1. The zero-order chi connectivity index (χ0) is 14.5. The smallest absolute Gasteiger partial charge is 0.425 e. The molecule has 0 spiro atoms. The molecule has 2 rings (SSSR count). The highest BCUT2D eigenvalue weighted by molar-refractivity contribution is 9.10. The summed E-state index contributed by atoms with van der Waals surface area (Å²) in [6.07, 6.45) is 0.502. The van der Waals surface area contributed by atoms with Gasteiger partial charge >= 0.3 is 6.09 Å². The van der Waals surface area contributed by atoms with Crippen LogP contribution in [0.15, 0.2) is 46.1 Å². The predicted molar refractivity (Wildman–Crippen MR) is 78.3 cm³/mol. The average molecular weight is 338 g/mol. The number of H-pyrrole nitrogens is 1. The summed E-state index contributed by atoms with van der Waals surface area (Å²) in [6.45, 7) is 0. The maximum atomic E-state index is 10.6. The molecule has 2 aromatic rings. The highest BCUT2D eigenvalue weighted by atomic mass is 79.9. The van der Waals surface area contributed by atoms with Gasteiger partial charge in [-0.25, -0.2) is 10.2 Å². The molecule has 0 aliphatic carbocycles. The number of hydrazone groups is 1. The number of hydrogen-bond donors (Lipinski definition) is 3. The molecule has 0 aliphatic heterocycles. The van der Waals surface area contributed by atoms with Gasteiger partial charge in [0.2, 0.25) is 0 Å². The quantitative estimate of drug-likeness (QED) is 0.592. The Morgan fingerprint density at radius 1 is 1.45 bits per heavy atom. The van der Waals surface area contributed by atoms with Crippen LogP contribution in [0.4, 0.5) is 4.79 Å². The molecule has 1 aromatic heterocycles. The Balaban J connectivity index is 2.52. The van der Waals surface area contributed by atoms with Crippen molar-refractivity contribution in [2.75, 3.05) is 7.11 Å². The Morgan fingerprint density at radius 3 is 2.85 bits per heavy atom. The number of nitrogens with one attached hydrogen (secondary N) is 2. The fraction of sp³-hybridized carbons (Fsp3) is 0.0769. The summed E-state index contributed by atoms with van der Waals surface area (Å²) in [6, 6.07) is 9.01. The highest BCUT2D eigenvalue weighted by Gasteiger charge is 2.14. The fourth-order valence-corrected chi connectivity index (χ4v) is 2.05. The summed E-state index contributed by atoms with van der Waals surface area (Å²) in [5.74, 6) is 0.583. The number of aromatic amines is 1. The first-order chi connectivity index (χ1) is 9.61. The van der Waals surface area contributed by atoms with E-state index in [2.05, 4.69) is 26.0 Å². The minimum atomic E-state index is -1.23. The third-order valence-corrected chi connectivity index (χ3v) is 3.03. The summed E-state index contributed by atoms with van der Waals surface area (Å²) in [5.41, 5.74) is 3.81. The molecule has 0 radical (unpaired) electrons. The molecule has 7 heteroatoms. The normalized spacial score (nSPS) is 11.2. The third-order valence-electron chi connectivity index (χ3n) is 2.54. The summed E-state index contributed by atoms with van der Waals surface area (Å²) in [4.78, 5) is 13.6. The van der Waals surface area contributed by atoms with Crippen molar-refractivity contribution in [3.05, 3.63) is 52.3 Å². The van der Waals surface area contributed by atoms with E-state index < -0.39 is 6.09 Å². The van der Waals surface area contributed by atoms with Gasteiger partial charge in [0, 0.05) is 16.2 Å². The van der Waals surface area contributed by atoms with E-state index in [4.69, 9.17) is 9.84 Å². The van der Waals surface area contributed by atoms with E-state index in [1.165, 1.54) is 0 Å². The van der Waals surface area contributed by atoms with Crippen LogP contribution in [0.25, 0.3) is 0 Å². The molecule has 6 nitrogen and oxygen atoms in total. The molecule has 0 bridgehead atoms. The van der Waals surface area contributed by atoms with Crippen LogP contribution in [0.5, 0.6) is 5.75 Å². The monoisotopic (exact) mass is 337 g/mol. The number of halogens is 1. The number of carboxylic acid groups (broad SMARTS) is 1. The van der Waals surface area contributed by atoms with E-state index in [9.17, 15) is 4.79 Å². The van der Waals surface area contributed by atoms with E-state index in [-0.39, 0.29) is 0 Å². The summed E-state index contributed by atoms with van der Waals surface area (Å²) in [5, 5.41) is 12.6. The van der Waals surface area contributed by atoms with Crippen LogP contribution in [-0.2, 0) is 0 Å². The first-order valence-corrected chi connectivity index (χ1v) is 6.45. The van der Waals surface area contributed by atoms with Gasteiger partial charge < -0.3 is 14.8 Å². The van der Waals surface area contributed by atoms with E-state index in [1.54, 1.807) is 37.6 Å². The van der Waals surface area contributed by atoms with Crippen molar-refractivity contribution in [3.8, 4) is 5.75 Å². The molecule has 0 saturated carbocycles. The van der Waals surface area contributed by atoms with Gasteiger partial charge in [0.25, 0.3) is 0 Å². The van der Waals surface area contributed by atoms with Gasteiger partial charge in [0.05, 0.1) is 12.8 Å². The molecule has 1 heterocycles. The SMILES string of the molecule is COc1cc(Br)ccc1/C(=N/NC(=O)O)c1ccc[nH]1. The van der Waals surface area contributed by atoms with Crippen molar-refractivity contribution in [1.82, 2.24) is 10.4 Å². The second kappa shape index (κ2) is 6.25. The molecule has 0 saturated heterocycles. The predicted octanol–water partition coefficient (Wildman–Crippen LogP) is 2.81. The Morgan fingerprint density at radius 2 is 2.25 bits per heavy atom. The molecule has 0 aliphatic rings. The molecular weight excluding hydrogens is 326 g/mol. The number of benzene rings is 1. The first kappa shape index (κ1) is 14.1. The highest BCUT2D eigenvalue weighted by Crippen LogP contribution is 2.25. The lowest BCUT2D eigenvalue weighted by Gasteiger charge is -2.10. The fourth-order valence-electron chi connectivity index (χ4n) is 1.71. The number of hydrogen-bond acceptors (Lipinski definition) is 3.